The highest BCUT2D eigenvalue weighted by molar-refractivity contribution is 5.80. The quantitative estimate of drug-likeness (QED) is 0.580. The summed E-state index contributed by atoms with van der Waals surface area (Å²) in [5.74, 6) is -0.510. The number of benzene rings is 1. The van der Waals surface area contributed by atoms with Crippen molar-refractivity contribution in [2.75, 3.05) is 6.61 Å². The van der Waals surface area contributed by atoms with Gasteiger partial charge in [-0.3, -0.25) is 9.63 Å². The molecule has 84 valence electrons. The van der Waals surface area contributed by atoms with Crippen molar-refractivity contribution in [3.8, 4) is 0 Å². The Hall–Kier alpha value is -1.85. The first-order valence-electron chi connectivity index (χ1n) is 4.85. The lowest BCUT2D eigenvalue weighted by Gasteiger charge is -2.01. The van der Waals surface area contributed by atoms with Crippen molar-refractivity contribution in [2.45, 2.75) is 6.54 Å². The average Bonchev–Trinajstić information content (AvgIpc) is 2.68. The zero-order valence-electron chi connectivity index (χ0n) is 8.60. The minimum absolute atomic E-state index is 0.143. The molecule has 0 aliphatic carbocycles. The second-order valence-corrected chi connectivity index (χ2v) is 3.33. The molecule has 0 unspecified atom stereocenters. The van der Waals surface area contributed by atoms with Crippen molar-refractivity contribution in [1.29, 1.82) is 0 Å². The molecule has 5 nitrogen and oxygen atoms in total. The third kappa shape index (κ3) is 2.39. The summed E-state index contributed by atoms with van der Waals surface area (Å²) in [6, 6.07) is 7.70. The number of nitrogens with one attached hydrogen (secondary N) is 1. The van der Waals surface area contributed by atoms with Gasteiger partial charge in [-0.05, 0) is 6.07 Å². The van der Waals surface area contributed by atoms with E-state index in [9.17, 15) is 4.79 Å². The molecule has 0 aliphatic heterocycles. The summed E-state index contributed by atoms with van der Waals surface area (Å²) in [4.78, 5) is 15.3. The van der Waals surface area contributed by atoms with E-state index in [0.29, 0.717) is 6.54 Å². The molecule has 0 saturated heterocycles. The molecule has 0 fully saturated rings. The van der Waals surface area contributed by atoms with Crippen LogP contribution in [0.5, 0.6) is 0 Å². The van der Waals surface area contributed by atoms with Crippen molar-refractivity contribution < 1.29 is 14.0 Å². The van der Waals surface area contributed by atoms with Gasteiger partial charge in [0.1, 0.15) is 12.2 Å². The van der Waals surface area contributed by atoms with Crippen LogP contribution in [0.3, 0.4) is 0 Å². The van der Waals surface area contributed by atoms with Crippen LogP contribution in [-0.4, -0.2) is 12.5 Å². The first-order valence-corrected chi connectivity index (χ1v) is 4.85. The summed E-state index contributed by atoms with van der Waals surface area (Å²) in [5.41, 5.74) is 9.37. The van der Waals surface area contributed by atoms with Crippen LogP contribution in [0, 0.1) is 0 Å². The molecule has 1 amide bonds. The molecule has 3 N–H and O–H groups in total. The number of furan rings is 1. The summed E-state index contributed by atoms with van der Waals surface area (Å²) >= 11 is 0. The van der Waals surface area contributed by atoms with Gasteiger partial charge in [0.25, 0.3) is 0 Å². The maximum absolute atomic E-state index is 10.4. The molecule has 0 saturated carbocycles. The SMILES string of the molecule is NC(=O)CONCc1coc2ccccc12. The van der Waals surface area contributed by atoms with Crippen LogP contribution >= 0.6 is 0 Å². The summed E-state index contributed by atoms with van der Waals surface area (Å²) in [6.45, 7) is 0.320. The van der Waals surface area contributed by atoms with Crippen LogP contribution in [-0.2, 0) is 16.2 Å². The van der Waals surface area contributed by atoms with Gasteiger partial charge >= 0.3 is 0 Å². The van der Waals surface area contributed by atoms with Gasteiger partial charge in [0.15, 0.2) is 0 Å². The minimum Gasteiger partial charge on any atom is -0.464 e. The number of nitrogens with two attached hydrogens (primary N) is 1. The largest absolute Gasteiger partial charge is 0.464 e. The molecule has 1 aromatic heterocycles. The van der Waals surface area contributed by atoms with Gasteiger partial charge in [-0.15, -0.1) is 0 Å². The Bertz CT molecular complexity index is 493. The lowest BCUT2D eigenvalue weighted by atomic mass is 10.2. The zero-order chi connectivity index (χ0) is 11.4. The van der Waals surface area contributed by atoms with E-state index in [4.69, 9.17) is 15.0 Å². The number of hydrogen-bond donors (Lipinski definition) is 2. The minimum atomic E-state index is -0.510. The Balaban J connectivity index is 1.97. The highest BCUT2D eigenvalue weighted by atomic mass is 16.6. The summed E-state index contributed by atoms with van der Waals surface area (Å²) in [7, 11) is 0. The van der Waals surface area contributed by atoms with Gasteiger partial charge in [-0.1, -0.05) is 18.2 Å². The number of primary amides is 1. The molecule has 2 aromatic rings. The zero-order valence-corrected chi connectivity index (χ0v) is 8.60. The average molecular weight is 220 g/mol. The van der Waals surface area contributed by atoms with E-state index in [1.807, 2.05) is 24.3 Å². The van der Waals surface area contributed by atoms with E-state index in [-0.39, 0.29) is 6.61 Å². The Morgan fingerprint density at radius 1 is 1.44 bits per heavy atom. The normalized spacial score (nSPS) is 10.8. The van der Waals surface area contributed by atoms with Gasteiger partial charge < -0.3 is 10.2 Å². The first kappa shape index (κ1) is 10.7. The van der Waals surface area contributed by atoms with Gasteiger partial charge in [-0.2, -0.15) is 5.48 Å². The fraction of sp³-hybridized carbons (Fsp3) is 0.182. The molecular formula is C11H12N2O3. The smallest absolute Gasteiger partial charge is 0.245 e. The number of fused-ring (bicyclic) bond motifs is 1. The van der Waals surface area contributed by atoms with E-state index in [0.717, 1.165) is 16.5 Å². The number of hydroxylamine groups is 1. The maximum Gasteiger partial charge on any atom is 0.245 e. The summed E-state index contributed by atoms with van der Waals surface area (Å²) in [5, 5.41) is 1.03. The van der Waals surface area contributed by atoms with Crippen LogP contribution in [0.2, 0.25) is 0 Å². The number of carbonyl (C=O) groups is 1. The Kier molecular flexibility index (Phi) is 3.19. The Labute approximate surface area is 92.1 Å². The Morgan fingerprint density at radius 2 is 2.25 bits per heavy atom. The predicted molar refractivity (Wildman–Crippen MR) is 58.2 cm³/mol. The van der Waals surface area contributed by atoms with E-state index < -0.39 is 5.91 Å². The van der Waals surface area contributed by atoms with Crippen molar-refractivity contribution in [1.82, 2.24) is 5.48 Å². The van der Waals surface area contributed by atoms with Crippen molar-refractivity contribution in [3.63, 3.8) is 0 Å². The number of amides is 1. The topological polar surface area (TPSA) is 77.5 Å². The van der Waals surface area contributed by atoms with Crippen LogP contribution in [0.4, 0.5) is 0 Å². The molecule has 2 rings (SSSR count). The molecular weight excluding hydrogens is 208 g/mol. The maximum atomic E-state index is 10.4. The molecule has 5 heteroatoms. The van der Waals surface area contributed by atoms with Crippen molar-refractivity contribution in [2.24, 2.45) is 5.73 Å². The highest BCUT2D eigenvalue weighted by Crippen LogP contribution is 2.20. The molecule has 0 aliphatic rings. The summed E-state index contributed by atoms with van der Waals surface area (Å²) in [6.07, 6.45) is 1.66. The molecule has 1 aromatic carbocycles. The third-order valence-electron chi connectivity index (χ3n) is 2.14. The third-order valence-corrected chi connectivity index (χ3v) is 2.14. The fourth-order valence-electron chi connectivity index (χ4n) is 1.42. The van der Waals surface area contributed by atoms with Crippen molar-refractivity contribution in [3.05, 3.63) is 36.1 Å². The van der Waals surface area contributed by atoms with Gasteiger partial charge in [-0.25, -0.2) is 0 Å². The van der Waals surface area contributed by atoms with E-state index >= 15 is 0 Å². The van der Waals surface area contributed by atoms with E-state index in [1.54, 1.807) is 6.26 Å². The second kappa shape index (κ2) is 4.78. The predicted octanol–water partition coefficient (Wildman–Crippen LogP) is 0.939. The number of para-hydroxylation sites is 1. The standard InChI is InChI=1S/C11H12N2O3/c12-11(14)7-16-13-5-8-6-15-10-4-2-1-3-9(8)10/h1-4,6,13H,5,7H2,(H2,12,14). The van der Waals surface area contributed by atoms with Crippen LogP contribution in [0.15, 0.2) is 34.9 Å². The van der Waals surface area contributed by atoms with E-state index in [2.05, 4.69) is 5.48 Å². The molecule has 0 radical (unpaired) electrons. The lowest BCUT2D eigenvalue weighted by molar-refractivity contribution is -0.125. The Morgan fingerprint density at radius 3 is 3.06 bits per heavy atom. The number of carbonyl (C=O) groups excluding carboxylic acids is 1. The van der Waals surface area contributed by atoms with Crippen LogP contribution in [0.1, 0.15) is 5.56 Å². The van der Waals surface area contributed by atoms with Crippen molar-refractivity contribution >= 4 is 16.9 Å². The van der Waals surface area contributed by atoms with Gasteiger partial charge in [0.05, 0.1) is 6.26 Å². The fourth-order valence-corrected chi connectivity index (χ4v) is 1.42. The molecule has 16 heavy (non-hydrogen) atoms. The second-order valence-electron chi connectivity index (χ2n) is 3.33. The molecule has 0 spiro atoms. The molecule has 0 atom stereocenters. The molecule has 1 heterocycles. The number of rotatable bonds is 5. The highest BCUT2D eigenvalue weighted by Gasteiger charge is 2.04. The van der Waals surface area contributed by atoms with Crippen LogP contribution < -0.4 is 11.2 Å². The first-order chi connectivity index (χ1) is 7.77. The van der Waals surface area contributed by atoms with Gasteiger partial charge in [0.2, 0.25) is 5.91 Å². The summed E-state index contributed by atoms with van der Waals surface area (Å²) < 4.78 is 5.34. The molecule has 0 bridgehead atoms. The monoisotopic (exact) mass is 220 g/mol. The van der Waals surface area contributed by atoms with Crippen LogP contribution in [0.25, 0.3) is 11.0 Å². The van der Waals surface area contributed by atoms with E-state index in [1.165, 1.54) is 0 Å². The lowest BCUT2D eigenvalue weighted by Crippen LogP contribution is -2.24. The number of hydrogen-bond acceptors (Lipinski definition) is 4. The van der Waals surface area contributed by atoms with Gasteiger partial charge in [0, 0.05) is 17.5 Å².